The molecule has 2 heterocycles. The third-order valence-electron chi connectivity index (χ3n) is 6.23. The normalized spacial score (nSPS) is 21.1. The van der Waals surface area contributed by atoms with Crippen LogP contribution in [-0.4, -0.2) is 59.2 Å². The number of hydrogen-bond acceptors (Lipinski definition) is 7. The van der Waals surface area contributed by atoms with E-state index in [1.165, 1.54) is 0 Å². The van der Waals surface area contributed by atoms with E-state index in [-0.39, 0.29) is 31.3 Å². The first-order valence-corrected chi connectivity index (χ1v) is 12.3. The molecule has 0 aromatic heterocycles. The van der Waals surface area contributed by atoms with Crippen molar-refractivity contribution >= 4 is 17.8 Å². The van der Waals surface area contributed by atoms with Gasteiger partial charge in [0.25, 0.3) is 5.91 Å². The van der Waals surface area contributed by atoms with Crippen LogP contribution in [0, 0.1) is 0 Å². The molecule has 36 heavy (non-hydrogen) atoms. The molecule has 1 N–H and O–H groups in total. The number of aliphatic hydroxyl groups excluding tert-OH is 1. The number of carbonyl (C=O) groups is 2. The fraction of sp³-hybridized carbons (Fsp3) is 0.464. The molecule has 4 rings (SSSR count). The topological polar surface area (TPSA) is 97.7 Å². The van der Waals surface area contributed by atoms with Crippen LogP contribution in [0.5, 0.6) is 5.75 Å². The summed E-state index contributed by atoms with van der Waals surface area (Å²) in [5.41, 5.74) is 0.682. The highest BCUT2D eigenvalue weighted by molar-refractivity contribution is 6.01. The van der Waals surface area contributed by atoms with Crippen molar-refractivity contribution in [1.29, 1.82) is 0 Å². The van der Waals surface area contributed by atoms with Gasteiger partial charge in [-0.25, -0.2) is 4.99 Å². The first-order chi connectivity index (χ1) is 17.1. The van der Waals surface area contributed by atoms with Gasteiger partial charge in [0, 0.05) is 44.2 Å². The Kier molecular flexibility index (Phi) is 7.36. The molecule has 2 aromatic rings. The number of rotatable bonds is 8. The van der Waals surface area contributed by atoms with Gasteiger partial charge in [0.05, 0.1) is 6.61 Å². The Morgan fingerprint density at radius 3 is 2.61 bits per heavy atom. The molecule has 2 aliphatic rings. The van der Waals surface area contributed by atoms with E-state index in [2.05, 4.69) is 0 Å². The van der Waals surface area contributed by atoms with E-state index in [0.717, 1.165) is 11.1 Å². The Morgan fingerprint density at radius 1 is 1.19 bits per heavy atom. The van der Waals surface area contributed by atoms with E-state index in [9.17, 15) is 9.59 Å². The maximum Gasteiger partial charge on any atom is 0.306 e. The van der Waals surface area contributed by atoms with Gasteiger partial charge in [0.15, 0.2) is 11.6 Å². The van der Waals surface area contributed by atoms with Crippen LogP contribution in [0.2, 0.25) is 0 Å². The van der Waals surface area contributed by atoms with Crippen molar-refractivity contribution in [3.63, 3.8) is 0 Å². The average molecular weight is 495 g/mol. The van der Waals surface area contributed by atoms with E-state index in [0.29, 0.717) is 36.8 Å². The van der Waals surface area contributed by atoms with E-state index < -0.39 is 17.2 Å². The minimum absolute atomic E-state index is 0.0350. The van der Waals surface area contributed by atoms with Crippen LogP contribution < -0.4 is 4.74 Å². The largest absolute Gasteiger partial charge is 0.494 e. The summed E-state index contributed by atoms with van der Waals surface area (Å²) < 4.78 is 17.6. The smallest absolute Gasteiger partial charge is 0.306 e. The summed E-state index contributed by atoms with van der Waals surface area (Å²) in [5.74, 6) is 0.452. The van der Waals surface area contributed by atoms with Crippen LogP contribution in [0.3, 0.4) is 0 Å². The molecule has 0 radical (unpaired) electrons. The quantitative estimate of drug-likeness (QED) is 0.443. The number of carbonyl (C=O) groups excluding carboxylic acids is 2. The average Bonchev–Trinajstić information content (AvgIpc) is 3.19. The second-order valence-corrected chi connectivity index (χ2v) is 10.2. The maximum absolute atomic E-state index is 13.8. The van der Waals surface area contributed by atoms with E-state index in [1.807, 2.05) is 69.3 Å². The molecule has 2 aromatic carbocycles. The number of aliphatic imine (C=N–C) groups is 1. The fourth-order valence-corrected chi connectivity index (χ4v) is 4.61. The fourth-order valence-electron chi connectivity index (χ4n) is 4.61. The third-order valence-corrected chi connectivity index (χ3v) is 6.23. The van der Waals surface area contributed by atoms with Crippen LogP contribution in [0.4, 0.5) is 0 Å². The number of amides is 1. The van der Waals surface area contributed by atoms with Gasteiger partial charge in [-0.2, -0.15) is 0 Å². The molecule has 2 aliphatic heterocycles. The first kappa shape index (κ1) is 25.7. The van der Waals surface area contributed by atoms with Gasteiger partial charge in [-0.15, -0.1) is 0 Å². The van der Waals surface area contributed by atoms with Gasteiger partial charge in [-0.05, 0) is 57.0 Å². The van der Waals surface area contributed by atoms with Crippen molar-refractivity contribution in [2.24, 2.45) is 4.99 Å². The van der Waals surface area contributed by atoms with Crippen molar-refractivity contribution in [2.45, 2.75) is 63.8 Å². The van der Waals surface area contributed by atoms with Gasteiger partial charge in [-0.1, -0.05) is 24.3 Å². The second kappa shape index (κ2) is 10.3. The lowest BCUT2D eigenvalue weighted by Crippen LogP contribution is -2.47. The molecule has 0 unspecified atom stereocenters. The molecule has 8 nitrogen and oxygen atoms in total. The maximum atomic E-state index is 13.8. The SMILES string of the molecule is CN1Cc2ccccc2[C@@H]2OC(c3ccc(OCCCO)cc3)=N[C@]2(CCC(=O)OC(C)(C)C)C1=O. The zero-order valence-electron chi connectivity index (χ0n) is 21.3. The summed E-state index contributed by atoms with van der Waals surface area (Å²) >= 11 is 0. The molecule has 192 valence electrons. The second-order valence-electron chi connectivity index (χ2n) is 10.2. The standard InChI is InChI=1S/C28H34N2O6/c1-27(2,3)36-23(32)14-15-28-24(22-9-6-5-8-20(22)18-30(4)26(28)33)35-25(29-28)19-10-12-21(13-11-19)34-17-7-16-31/h5-6,8-13,24,31H,7,14-18H2,1-4H3/t24-,28-/m0/s1. The van der Waals surface area contributed by atoms with Crippen molar-refractivity contribution in [1.82, 2.24) is 4.90 Å². The zero-order valence-corrected chi connectivity index (χ0v) is 21.3. The summed E-state index contributed by atoms with van der Waals surface area (Å²) in [5, 5.41) is 8.95. The summed E-state index contributed by atoms with van der Waals surface area (Å²) in [4.78, 5) is 33.0. The molecule has 0 saturated carbocycles. The van der Waals surface area contributed by atoms with Crippen molar-refractivity contribution < 1.29 is 28.9 Å². The molecule has 0 fully saturated rings. The number of aliphatic hydroxyl groups is 1. The number of ether oxygens (including phenoxy) is 3. The lowest BCUT2D eigenvalue weighted by Gasteiger charge is -2.31. The molecule has 0 bridgehead atoms. The molecule has 1 amide bonds. The Bertz CT molecular complexity index is 1140. The predicted molar refractivity (Wildman–Crippen MR) is 135 cm³/mol. The minimum atomic E-state index is -1.29. The molecule has 0 spiro atoms. The van der Waals surface area contributed by atoms with Crippen molar-refractivity contribution in [3.8, 4) is 5.75 Å². The van der Waals surface area contributed by atoms with Crippen LogP contribution >= 0.6 is 0 Å². The number of esters is 1. The first-order valence-electron chi connectivity index (χ1n) is 12.3. The Labute approximate surface area is 211 Å². The van der Waals surface area contributed by atoms with Crippen LogP contribution in [-0.2, 0) is 25.6 Å². The summed E-state index contributed by atoms with van der Waals surface area (Å²) in [6.07, 6.45) is 0.0848. The van der Waals surface area contributed by atoms with Crippen molar-refractivity contribution in [2.75, 3.05) is 20.3 Å². The van der Waals surface area contributed by atoms with Crippen molar-refractivity contribution in [3.05, 3.63) is 65.2 Å². The third kappa shape index (κ3) is 5.38. The lowest BCUT2D eigenvalue weighted by atomic mass is 9.83. The van der Waals surface area contributed by atoms with Gasteiger partial charge in [0.2, 0.25) is 5.90 Å². The number of likely N-dealkylation sites (N-methyl/N-ethyl adjacent to an activating group) is 1. The zero-order chi connectivity index (χ0) is 25.9. The van der Waals surface area contributed by atoms with Crippen LogP contribution in [0.15, 0.2) is 53.5 Å². The highest BCUT2D eigenvalue weighted by atomic mass is 16.6. The van der Waals surface area contributed by atoms with Crippen LogP contribution in [0.25, 0.3) is 0 Å². The summed E-state index contributed by atoms with van der Waals surface area (Å²) in [7, 11) is 1.75. The monoisotopic (exact) mass is 494 g/mol. The molecular formula is C28H34N2O6. The molecule has 2 atom stereocenters. The van der Waals surface area contributed by atoms with Gasteiger partial charge in [-0.3, -0.25) is 9.59 Å². The number of hydrogen-bond donors (Lipinski definition) is 1. The minimum Gasteiger partial charge on any atom is -0.494 e. The van der Waals surface area contributed by atoms with Gasteiger partial charge < -0.3 is 24.2 Å². The highest BCUT2D eigenvalue weighted by Crippen LogP contribution is 2.47. The summed E-state index contributed by atoms with van der Waals surface area (Å²) in [6, 6.07) is 15.1. The Morgan fingerprint density at radius 2 is 1.92 bits per heavy atom. The molecule has 0 saturated heterocycles. The van der Waals surface area contributed by atoms with E-state index in [1.54, 1.807) is 11.9 Å². The van der Waals surface area contributed by atoms with Crippen LogP contribution in [0.1, 0.15) is 62.8 Å². The molecule has 0 aliphatic carbocycles. The number of benzene rings is 2. The van der Waals surface area contributed by atoms with E-state index in [4.69, 9.17) is 24.3 Å². The molecular weight excluding hydrogens is 460 g/mol. The number of fused-ring (bicyclic) bond motifs is 3. The predicted octanol–water partition coefficient (Wildman–Crippen LogP) is 3.80. The Hall–Kier alpha value is -3.39. The molecule has 8 heteroatoms. The number of nitrogens with zero attached hydrogens (tertiary/aromatic N) is 2. The lowest BCUT2D eigenvalue weighted by molar-refractivity contribution is -0.155. The Balaban J connectivity index is 1.69. The van der Waals surface area contributed by atoms with Gasteiger partial charge in [0.1, 0.15) is 11.4 Å². The summed E-state index contributed by atoms with van der Waals surface area (Å²) in [6.45, 7) is 6.38. The van der Waals surface area contributed by atoms with Gasteiger partial charge >= 0.3 is 5.97 Å². The van der Waals surface area contributed by atoms with E-state index >= 15 is 0 Å². The highest BCUT2D eigenvalue weighted by Gasteiger charge is 2.56.